The van der Waals surface area contributed by atoms with Gasteiger partial charge in [-0.15, -0.1) is 0 Å². The van der Waals surface area contributed by atoms with Crippen molar-refractivity contribution in [2.45, 2.75) is 0 Å². The van der Waals surface area contributed by atoms with Crippen LogP contribution in [-0.2, 0) is 0 Å². The number of hydrogen-bond acceptors (Lipinski definition) is 5. The lowest BCUT2D eigenvalue weighted by atomic mass is 10.0. The van der Waals surface area contributed by atoms with E-state index in [0.717, 1.165) is 0 Å². The van der Waals surface area contributed by atoms with Gasteiger partial charge in [0, 0.05) is 0 Å². The summed E-state index contributed by atoms with van der Waals surface area (Å²) in [4.78, 5) is 23.9. The molecule has 1 aromatic heterocycles. The lowest BCUT2D eigenvalue weighted by Crippen LogP contribution is -2.04. The summed E-state index contributed by atoms with van der Waals surface area (Å²) >= 11 is 0. The molecule has 21 heavy (non-hydrogen) atoms. The minimum atomic E-state index is -0.769. The van der Waals surface area contributed by atoms with Crippen molar-refractivity contribution in [3.63, 3.8) is 0 Å². The Morgan fingerprint density at radius 3 is 1.52 bits per heavy atom. The van der Waals surface area contributed by atoms with E-state index in [-0.39, 0.29) is 10.8 Å². The van der Waals surface area contributed by atoms with Crippen LogP contribution in [0.1, 0.15) is 11.1 Å². The van der Waals surface area contributed by atoms with E-state index in [9.17, 15) is 9.59 Å². The largest absolute Gasteiger partial charge is 0.386 e. The van der Waals surface area contributed by atoms with Crippen molar-refractivity contribution < 1.29 is 4.42 Å². The van der Waals surface area contributed by atoms with Crippen LogP contribution >= 0.6 is 0 Å². The van der Waals surface area contributed by atoms with Gasteiger partial charge in [-0.3, -0.25) is 0 Å². The standard InChI is InChI=1S/C16H6N2O3/c17-7-9-1-3-11-13(5-9)14-6-10(8-18)2-4-12(14)16(20)21-15(11)19/h1-6H. The summed E-state index contributed by atoms with van der Waals surface area (Å²) in [7, 11) is 0. The second-order valence-corrected chi connectivity index (χ2v) is 4.42. The van der Waals surface area contributed by atoms with Crippen LogP contribution in [0.15, 0.2) is 50.4 Å². The summed E-state index contributed by atoms with van der Waals surface area (Å²) in [5.41, 5.74) is -0.836. The van der Waals surface area contributed by atoms with Gasteiger partial charge in [-0.05, 0) is 47.2 Å². The molecule has 0 aliphatic carbocycles. The summed E-state index contributed by atoms with van der Waals surface area (Å²) in [5.74, 6) is 0. The van der Waals surface area contributed by atoms with Crippen molar-refractivity contribution in [2.75, 3.05) is 0 Å². The van der Waals surface area contributed by atoms with Crippen LogP contribution in [0.4, 0.5) is 0 Å². The maximum absolute atomic E-state index is 11.9. The molecule has 5 heteroatoms. The van der Waals surface area contributed by atoms with E-state index in [4.69, 9.17) is 14.9 Å². The predicted octanol–water partition coefficient (Wildman–Crippen LogP) is 2.05. The summed E-state index contributed by atoms with van der Waals surface area (Å²) in [5, 5.41) is 19.2. The Kier molecular flexibility index (Phi) is 2.75. The molecule has 0 fully saturated rings. The molecule has 0 saturated carbocycles. The topological polar surface area (TPSA) is 94.9 Å². The van der Waals surface area contributed by atoms with Crippen molar-refractivity contribution >= 4 is 21.5 Å². The normalized spacial score (nSPS) is 10.2. The number of nitrogens with zero attached hydrogens (tertiary/aromatic N) is 2. The summed E-state index contributed by atoms with van der Waals surface area (Å²) < 4.78 is 4.77. The van der Waals surface area contributed by atoms with Crippen molar-refractivity contribution in [3.05, 3.63) is 68.4 Å². The number of benzene rings is 2. The second kappa shape index (κ2) is 4.59. The van der Waals surface area contributed by atoms with E-state index in [0.29, 0.717) is 21.9 Å². The first-order valence-corrected chi connectivity index (χ1v) is 5.99. The fourth-order valence-electron chi connectivity index (χ4n) is 2.22. The molecule has 0 aliphatic heterocycles. The average Bonchev–Trinajstić information content (AvgIpc) is 2.62. The molecule has 1 heterocycles. The molecule has 0 amide bonds. The molecule has 98 valence electrons. The first kappa shape index (κ1) is 12.6. The molecule has 0 radical (unpaired) electrons. The summed E-state index contributed by atoms with van der Waals surface area (Å²) in [6.07, 6.45) is 0. The minimum Gasteiger partial charge on any atom is -0.386 e. The molecular formula is C16H6N2O3. The predicted molar refractivity (Wildman–Crippen MR) is 75.7 cm³/mol. The van der Waals surface area contributed by atoms with E-state index < -0.39 is 11.3 Å². The quantitative estimate of drug-likeness (QED) is 0.625. The van der Waals surface area contributed by atoms with E-state index in [1.54, 1.807) is 0 Å². The molecule has 0 bridgehead atoms. The molecule has 0 N–H and O–H groups in total. The van der Waals surface area contributed by atoms with Crippen LogP contribution in [0.3, 0.4) is 0 Å². The molecule has 3 aromatic rings. The van der Waals surface area contributed by atoms with Gasteiger partial charge >= 0.3 is 11.3 Å². The Morgan fingerprint density at radius 1 is 0.714 bits per heavy atom. The van der Waals surface area contributed by atoms with Crippen LogP contribution < -0.4 is 11.3 Å². The van der Waals surface area contributed by atoms with Gasteiger partial charge in [0.2, 0.25) is 0 Å². The molecule has 3 rings (SSSR count). The van der Waals surface area contributed by atoms with Crippen molar-refractivity contribution in [2.24, 2.45) is 0 Å². The van der Waals surface area contributed by atoms with Gasteiger partial charge in [0.1, 0.15) is 0 Å². The number of rotatable bonds is 0. The lowest BCUT2D eigenvalue weighted by molar-refractivity contribution is 0.491. The van der Waals surface area contributed by atoms with Crippen molar-refractivity contribution in [1.29, 1.82) is 10.5 Å². The first-order chi connectivity index (χ1) is 10.1. The van der Waals surface area contributed by atoms with Crippen molar-refractivity contribution in [3.8, 4) is 12.1 Å². The van der Waals surface area contributed by atoms with Gasteiger partial charge in [0.15, 0.2) is 0 Å². The van der Waals surface area contributed by atoms with E-state index in [1.807, 2.05) is 12.1 Å². The Bertz CT molecular complexity index is 1010. The SMILES string of the molecule is N#Cc1ccc2c(=O)oc(=O)c3ccc(C#N)cc3c2c1. The van der Waals surface area contributed by atoms with Gasteiger partial charge in [0.05, 0.1) is 34.0 Å². The molecule has 2 aromatic carbocycles. The number of fused-ring (bicyclic) bond motifs is 3. The molecule has 5 nitrogen and oxygen atoms in total. The van der Waals surface area contributed by atoms with E-state index >= 15 is 0 Å². The second-order valence-electron chi connectivity index (χ2n) is 4.42. The van der Waals surface area contributed by atoms with Gasteiger partial charge in [-0.1, -0.05) is 0 Å². The Labute approximate surface area is 117 Å². The molecular weight excluding hydrogens is 268 g/mol. The Hall–Kier alpha value is -3.44. The highest BCUT2D eigenvalue weighted by atomic mass is 16.4. The zero-order valence-corrected chi connectivity index (χ0v) is 10.6. The molecule has 0 spiro atoms. The fourth-order valence-corrected chi connectivity index (χ4v) is 2.22. The average molecular weight is 274 g/mol. The third-order valence-electron chi connectivity index (χ3n) is 3.21. The minimum absolute atomic E-state index is 0.191. The van der Waals surface area contributed by atoms with Crippen LogP contribution in [-0.4, -0.2) is 0 Å². The van der Waals surface area contributed by atoms with Crippen molar-refractivity contribution in [1.82, 2.24) is 0 Å². The van der Waals surface area contributed by atoms with E-state index in [1.165, 1.54) is 36.4 Å². The number of hydrogen-bond donors (Lipinski definition) is 0. The zero-order valence-electron chi connectivity index (χ0n) is 10.6. The molecule has 0 saturated heterocycles. The van der Waals surface area contributed by atoms with Gasteiger partial charge in [-0.2, -0.15) is 10.5 Å². The highest BCUT2D eigenvalue weighted by Crippen LogP contribution is 2.22. The Morgan fingerprint density at radius 2 is 1.14 bits per heavy atom. The van der Waals surface area contributed by atoms with Gasteiger partial charge in [-0.25, -0.2) is 9.59 Å². The highest BCUT2D eigenvalue weighted by molar-refractivity contribution is 6.05. The summed E-state index contributed by atoms with van der Waals surface area (Å²) in [6.45, 7) is 0. The van der Waals surface area contributed by atoms with Crippen LogP contribution in [0.5, 0.6) is 0 Å². The number of nitriles is 2. The molecule has 0 aliphatic rings. The zero-order chi connectivity index (χ0) is 15.0. The van der Waals surface area contributed by atoms with Gasteiger partial charge in [0.25, 0.3) is 0 Å². The fraction of sp³-hybridized carbons (Fsp3) is 0. The smallest absolute Gasteiger partial charge is 0.346 e. The first-order valence-electron chi connectivity index (χ1n) is 5.99. The van der Waals surface area contributed by atoms with Gasteiger partial charge < -0.3 is 4.42 Å². The summed E-state index contributed by atoms with van der Waals surface area (Å²) in [6, 6.07) is 12.8. The molecule has 0 unspecified atom stereocenters. The van der Waals surface area contributed by atoms with Crippen LogP contribution in [0.25, 0.3) is 21.5 Å². The van der Waals surface area contributed by atoms with E-state index in [2.05, 4.69) is 0 Å². The van der Waals surface area contributed by atoms with Crippen LogP contribution in [0.2, 0.25) is 0 Å². The lowest BCUT2D eigenvalue weighted by Gasteiger charge is -1.97. The Balaban J connectivity index is 2.73. The molecule has 0 atom stereocenters. The maximum Gasteiger partial charge on any atom is 0.346 e. The highest BCUT2D eigenvalue weighted by Gasteiger charge is 2.09. The third kappa shape index (κ3) is 1.94. The monoisotopic (exact) mass is 274 g/mol. The third-order valence-corrected chi connectivity index (χ3v) is 3.21. The van der Waals surface area contributed by atoms with Crippen LogP contribution in [0, 0.1) is 22.7 Å². The maximum atomic E-state index is 11.9.